The average Bonchev–Trinajstić information content (AvgIpc) is 3.03. The summed E-state index contributed by atoms with van der Waals surface area (Å²) < 4.78 is 28.6. The van der Waals surface area contributed by atoms with E-state index in [0.717, 1.165) is 11.3 Å². The second kappa shape index (κ2) is 6.66. The molecule has 134 valence electrons. The third kappa shape index (κ3) is 3.01. The van der Waals surface area contributed by atoms with Gasteiger partial charge in [0.2, 0.25) is 10.0 Å². The maximum Gasteiger partial charge on any atom is 0.246 e. The van der Waals surface area contributed by atoms with Crippen LogP contribution in [0.3, 0.4) is 0 Å². The molecule has 0 radical (unpaired) electrons. The second-order valence-electron chi connectivity index (χ2n) is 5.98. The minimum absolute atomic E-state index is 0.0506. The summed E-state index contributed by atoms with van der Waals surface area (Å²) in [6.07, 6.45) is 1.83. The van der Waals surface area contributed by atoms with Crippen LogP contribution in [0.2, 0.25) is 10.0 Å². The van der Waals surface area contributed by atoms with Gasteiger partial charge in [-0.3, -0.25) is 0 Å². The highest BCUT2D eigenvalue weighted by Gasteiger charge is 2.40. The summed E-state index contributed by atoms with van der Waals surface area (Å²) in [7, 11) is -3.74. The molecule has 2 heterocycles. The van der Waals surface area contributed by atoms with E-state index in [2.05, 4.69) is 10.3 Å². The molecule has 2 aromatic carbocycles. The molecule has 0 aliphatic carbocycles. The molecule has 1 aliphatic rings. The van der Waals surface area contributed by atoms with Crippen LogP contribution in [0.5, 0.6) is 0 Å². The number of nitrogens with zero attached hydrogens (tertiary/aromatic N) is 4. The molecule has 3 aromatic rings. The highest BCUT2D eigenvalue weighted by atomic mass is 35.5. The number of rotatable bonds is 4. The Morgan fingerprint density at radius 2 is 1.62 bits per heavy atom. The van der Waals surface area contributed by atoms with Crippen LogP contribution in [0.4, 0.5) is 0 Å². The Balaban J connectivity index is 1.52. The molecular weight excluding hydrogens is 395 g/mol. The summed E-state index contributed by atoms with van der Waals surface area (Å²) in [4.78, 5) is -0.0506. The fourth-order valence-corrected chi connectivity index (χ4v) is 5.44. The van der Waals surface area contributed by atoms with Crippen LogP contribution in [0.1, 0.15) is 6.04 Å². The smallest absolute Gasteiger partial charge is 0.246 e. The predicted octanol–water partition coefficient (Wildman–Crippen LogP) is 3.50. The third-order valence-corrected chi connectivity index (χ3v) is 7.09. The SMILES string of the molecule is O=S(=O)(c1c(Cl)cccc1Cl)N1CC(n2cc(-c3ccccc3)nn2)C1. The number of halogens is 2. The van der Waals surface area contributed by atoms with Crippen molar-refractivity contribution in [2.75, 3.05) is 13.1 Å². The summed E-state index contributed by atoms with van der Waals surface area (Å²) >= 11 is 12.1. The predicted molar refractivity (Wildman–Crippen MR) is 99.7 cm³/mol. The monoisotopic (exact) mass is 408 g/mol. The van der Waals surface area contributed by atoms with Crippen LogP contribution in [0, 0.1) is 0 Å². The van der Waals surface area contributed by atoms with Crippen molar-refractivity contribution in [1.82, 2.24) is 19.3 Å². The molecule has 26 heavy (non-hydrogen) atoms. The first-order valence-corrected chi connectivity index (χ1v) is 10.1. The van der Waals surface area contributed by atoms with E-state index >= 15 is 0 Å². The molecular formula is C17H14Cl2N4O2S. The van der Waals surface area contributed by atoms with Gasteiger partial charge in [0.05, 0.1) is 22.3 Å². The van der Waals surface area contributed by atoms with Gasteiger partial charge in [-0.05, 0) is 12.1 Å². The van der Waals surface area contributed by atoms with Gasteiger partial charge in [0.25, 0.3) is 0 Å². The van der Waals surface area contributed by atoms with Gasteiger partial charge in [-0.25, -0.2) is 13.1 Å². The normalized spacial score (nSPS) is 15.8. The van der Waals surface area contributed by atoms with E-state index in [0.29, 0.717) is 13.1 Å². The van der Waals surface area contributed by atoms with Crippen molar-refractivity contribution in [3.8, 4) is 11.3 Å². The van der Waals surface area contributed by atoms with Gasteiger partial charge < -0.3 is 0 Å². The fraction of sp³-hybridized carbons (Fsp3) is 0.176. The maximum absolute atomic E-state index is 12.8. The van der Waals surface area contributed by atoms with Gasteiger partial charge in [-0.2, -0.15) is 4.31 Å². The molecule has 0 amide bonds. The summed E-state index contributed by atoms with van der Waals surface area (Å²) in [6, 6.07) is 14.3. The van der Waals surface area contributed by atoms with Gasteiger partial charge in [-0.15, -0.1) is 5.10 Å². The zero-order chi connectivity index (χ0) is 18.3. The van der Waals surface area contributed by atoms with Crippen molar-refractivity contribution < 1.29 is 8.42 Å². The summed E-state index contributed by atoms with van der Waals surface area (Å²) in [6.45, 7) is 0.586. The molecule has 1 aromatic heterocycles. The number of benzene rings is 2. The number of sulfonamides is 1. The first kappa shape index (κ1) is 17.5. The summed E-state index contributed by atoms with van der Waals surface area (Å²) in [5.74, 6) is 0. The number of hydrogen-bond donors (Lipinski definition) is 0. The molecule has 6 nitrogen and oxygen atoms in total. The van der Waals surface area contributed by atoms with Crippen molar-refractivity contribution in [3.05, 3.63) is 64.8 Å². The lowest BCUT2D eigenvalue weighted by Gasteiger charge is -2.37. The van der Waals surface area contributed by atoms with Crippen molar-refractivity contribution in [3.63, 3.8) is 0 Å². The molecule has 0 atom stereocenters. The molecule has 0 spiro atoms. The van der Waals surface area contributed by atoms with Crippen molar-refractivity contribution in [1.29, 1.82) is 0 Å². The topological polar surface area (TPSA) is 68.1 Å². The van der Waals surface area contributed by atoms with E-state index in [1.54, 1.807) is 10.7 Å². The lowest BCUT2D eigenvalue weighted by atomic mass is 10.1. The minimum atomic E-state index is -3.74. The van der Waals surface area contributed by atoms with E-state index in [1.807, 2.05) is 36.5 Å². The van der Waals surface area contributed by atoms with E-state index in [4.69, 9.17) is 23.2 Å². The Hall–Kier alpha value is -1.93. The van der Waals surface area contributed by atoms with E-state index in [-0.39, 0.29) is 21.0 Å². The van der Waals surface area contributed by atoms with Crippen molar-refractivity contribution in [2.45, 2.75) is 10.9 Å². The minimum Gasteiger partial charge on any atom is -0.246 e. The molecule has 1 saturated heterocycles. The lowest BCUT2D eigenvalue weighted by Crippen LogP contribution is -2.50. The molecule has 1 aliphatic heterocycles. The van der Waals surface area contributed by atoms with Crippen LogP contribution in [0.15, 0.2) is 59.6 Å². The van der Waals surface area contributed by atoms with Crippen LogP contribution < -0.4 is 0 Å². The number of hydrogen-bond acceptors (Lipinski definition) is 4. The summed E-state index contributed by atoms with van der Waals surface area (Å²) in [5, 5.41) is 8.53. The zero-order valence-corrected chi connectivity index (χ0v) is 15.8. The quantitative estimate of drug-likeness (QED) is 0.662. The maximum atomic E-state index is 12.8. The zero-order valence-electron chi connectivity index (χ0n) is 13.5. The Labute approximate surface area is 161 Å². The molecule has 0 bridgehead atoms. The van der Waals surface area contributed by atoms with Crippen LogP contribution in [-0.4, -0.2) is 40.8 Å². The van der Waals surface area contributed by atoms with Gasteiger partial charge >= 0.3 is 0 Å². The Kier molecular flexibility index (Phi) is 4.48. The fourth-order valence-electron chi connectivity index (χ4n) is 2.83. The Bertz CT molecular complexity index is 1030. The molecule has 0 saturated carbocycles. The van der Waals surface area contributed by atoms with Gasteiger partial charge in [0.1, 0.15) is 10.6 Å². The largest absolute Gasteiger partial charge is 0.246 e. The standard InChI is InChI=1S/C17H14Cl2N4O2S/c18-14-7-4-8-15(19)17(14)26(24,25)22-9-13(10-22)23-11-16(20-21-23)12-5-2-1-3-6-12/h1-8,11,13H,9-10H2. The third-order valence-electron chi connectivity index (χ3n) is 4.30. The van der Waals surface area contributed by atoms with Crippen LogP contribution >= 0.6 is 23.2 Å². The average molecular weight is 409 g/mol. The van der Waals surface area contributed by atoms with E-state index in [9.17, 15) is 8.42 Å². The molecule has 0 N–H and O–H groups in total. The Morgan fingerprint density at radius 1 is 0.962 bits per heavy atom. The Morgan fingerprint density at radius 3 is 2.27 bits per heavy atom. The van der Waals surface area contributed by atoms with Gasteiger partial charge in [0.15, 0.2) is 0 Å². The molecule has 0 unspecified atom stereocenters. The molecule has 9 heteroatoms. The van der Waals surface area contributed by atoms with Crippen LogP contribution in [-0.2, 0) is 10.0 Å². The number of aromatic nitrogens is 3. The first-order valence-electron chi connectivity index (χ1n) is 7.88. The van der Waals surface area contributed by atoms with Crippen molar-refractivity contribution >= 4 is 33.2 Å². The van der Waals surface area contributed by atoms with Gasteiger partial charge in [0, 0.05) is 18.7 Å². The highest BCUT2D eigenvalue weighted by Crippen LogP contribution is 2.35. The van der Waals surface area contributed by atoms with Crippen molar-refractivity contribution in [2.24, 2.45) is 0 Å². The second-order valence-corrected chi connectivity index (χ2v) is 8.67. The van der Waals surface area contributed by atoms with Gasteiger partial charge in [-0.1, -0.05) is 64.8 Å². The highest BCUT2D eigenvalue weighted by molar-refractivity contribution is 7.89. The summed E-state index contributed by atoms with van der Waals surface area (Å²) in [5.41, 5.74) is 1.71. The molecule has 1 fully saturated rings. The lowest BCUT2D eigenvalue weighted by molar-refractivity contribution is 0.189. The van der Waals surface area contributed by atoms with E-state index < -0.39 is 10.0 Å². The first-order chi connectivity index (χ1) is 12.5. The molecule has 4 rings (SSSR count). The van der Waals surface area contributed by atoms with Crippen LogP contribution in [0.25, 0.3) is 11.3 Å². The van der Waals surface area contributed by atoms with E-state index in [1.165, 1.54) is 16.4 Å².